The zero-order valence-electron chi connectivity index (χ0n) is 11.2. The molecule has 1 aromatic carbocycles. The van der Waals surface area contributed by atoms with Crippen LogP contribution >= 0.6 is 0 Å². The molecule has 1 fully saturated rings. The van der Waals surface area contributed by atoms with Crippen molar-refractivity contribution in [1.82, 2.24) is 10.2 Å². The first-order chi connectivity index (χ1) is 9.15. The van der Waals surface area contributed by atoms with Gasteiger partial charge in [0.05, 0.1) is 0 Å². The number of amides is 2. The SMILES string of the molecule is CN(CC1CCNCC1)C(=O)Nc1cccc(F)c1. The first kappa shape index (κ1) is 13.8. The smallest absolute Gasteiger partial charge is 0.321 e. The molecular weight excluding hydrogens is 245 g/mol. The highest BCUT2D eigenvalue weighted by atomic mass is 19.1. The summed E-state index contributed by atoms with van der Waals surface area (Å²) in [6.45, 7) is 2.77. The van der Waals surface area contributed by atoms with Crippen molar-refractivity contribution in [2.75, 3.05) is 32.0 Å². The molecule has 0 saturated carbocycles. The average molecular weight is 265 g/mol. The Morgan fingerprint density at radius 2 is 2.21 bits per heavy atom. The lowest BCUT2D eigenvalue weighted by Crippen LogP contribution is -2.39. The van der Waals surface area contributed by atoms with Gasteiger partial charge in [0.1, 0.15) is 5.82 Å². The fraction of sp³-hybridized carbons (Fsp3) is 0.500. The van der Waals surface area contributed by atoms with Gasteiger partial charge in [0.25, 0.3) is 0 Å². The molecule has 1 aliphatic heterocycles. The standard InChI is InChI=1S/C14H20FN3O/c1-18(10-11-5-7-16-8-6-11)14(19)17-13-4-2-3-12(15)9-13/h2-4,9,11,16H,5-8,10H2,1H3,(H,17,19). The summed E-state index contributed by atoms with van der Waals surface area (Å²) in [7, 11) is 1.77. The lowest BCUT2D eigenvalue weighted by Gasteiger charge is -2.27. The van der Waals surface area contributed by atoms with Gasteiger partial charge < -0.3 is 15.5 Å². The van der Waals surface area contributed by atoms with Crippen LogP contribution in [-0.2, 0) is 0 Å². The maximum absolute atomic E-state index is 13.0. The van der Waals surface area contributed by atoms with Gasteiger partial charge in [-0.25, -0.2) is 9.18 Å². The Balaban J connectivity index is 1.84. The van der Waals surface area contributed by atoms with Gasteiger partial charge in [0.2, 0.25) is 0 Å². The van der Waals surface area contributed by atoms with Crippen molar-refractivity contribution >= 4 is 11.7 Å². The molecular formula is C14H20FN3O. The number of hydrogen-bond donors (Lipinski definition) is 2. The molecule has 1 heterocycles. The van der Waals surface area contributed by atoms with E-state index in [1.54, 1.807) is 24.1 Å². The minimum absolute atomic E-state index is 0.191. The van der Waals surface area contributed by atoms with E-state index in [0.717, 1.165) is 32.5 Å². The number of piperidine rings is 1. The van der Waals surface area contributed by atoms with Crippen LogP contribution in [0.25, 0.3) is 0 Å². The quantitative estimate of drug-likeness (QED) is 0.880. The molecule has 104 valence electrons. The van der Waals surface area contributed by atoms with E-state index in [4.69, 9.17) is 0 Å². The monoisotopic (exact) mass is 265 g/mol. The summed E-state index contributed by atoms with van der Waals surface area (Å²) in [5.74, 6) is 0.198. The van der Waals surface area contributed by atoms with Crippen LogP contribution in [0.4, 0.5) is 14.9 Å². The van der Waals surface area contributed by atoms with Crippen LogP contribution in [0.5, 0.6) is 0 Å². The summed E-state index contributed by atoms with van der Waals surface area (Å²) >= 11 is 0. The molecule has 5 heteroatoms. The Morgan fingerprint density at radius 3 is 2.89 bits per heavy atom. The second-order valence-electron chi connectivity index (χ2n) is 5.01. The molecule has 0 atom stereocenters. The molecule has 0 aliphatic carbocycles. The van der Waals surface area contributed by atoms with Crippen LogP contribution in [0.2, 0.25) is 0 Å². The number of halogens is 1. The first-order valence-corrected chi connectivity index (χ1v) is 6.63. The normalized spacial score (nSPS) is 16.1. The first-order valence-electron chi connectivity index (χ1n) is 6.63. The van der Waals surface area contributed by atoms with Gasteiger partial charge in [0.15, 0.2) is 0 Å². The Labute approximate surface area is 113 Å². The Bertz CT molecular complexity index is 432. The third-order valence-electron chi connectivity index (χ3n) is 3.41. The number of benzene rings is 1. The van der Waals surface area contributed by atoms with Gasteiger partial charge in [-0.15, -0.1) is 0 Å². The molecule has 2 rings (SSSR count). The number of urea groups is 1. The van der Waals surface area contributed by atoms with Crippen molar-refractivity contribution in [2.24, 2.45) is 5.92 Å². The fourth-order valence-electron chi connectivity index (χ4n) is 2.32. The number of carbonyl (C=O) groups is 1. The highest BCUT2D eigenvalue weighted by molar-refractivity contribution is 5.89. The lowest BCUT2D eigenvalue weighted by molar-refractivity contribution is 0.206. The van der Waals surface area contributed by atoms with E-state index in [-0.39, 0.29) is 11.8 Å². The largest absolute Gasteiger partial charge is 0.327 e. The van der Waals surface area contributed by atoms with E-state index >= 15 is 0 Å². The van der Waals surface area contributed by atoms with E-state index in [1.807, 2.05) is 0 Å². The van der Waals surface area contributed by atoms with Crippen molar-refractivity contribution in [3.05, 3.63) is 30.1 Å². The molecule has 0 unspecified atom stereocenters. The van der Waals surface area contributed by atoms with Gasteiger partial charge in [0, 0.05) is 19.3 Å². The van der Waals surface area contributed by atoms with E-state index in [9.17, 15) is 9.18 Å². The molecule has 2 amide bonds. The van der Waals surface area contributed by atoms with E-state index < -0.39 is 0 Å². The van der Waals surface area contributed by atoms with Crippen LogP contribution in [0.3, 0.4) is 0 Å². The fourth-order valence-corrected chi connectivity index (χ4v) is 2.32. The molecule has 4 nitrogen and oxygen atoms in total. The summed E-state index contributed by atoms with van der Waals surface area (Å²) in [4.78, 5) is 13.6. The number of nitrogens with one attached hydrogen (secondary N) is 2. The number of rotatable bonds is 3. The Morgan fingerprint density at radius 1 is 1.47 bits per heavy atom. The lowest BCUT2D eigenvalue weighted by atomic mass is 9.98. The third kappa shape index (κ3) is 4.21. The van der Waals surface area contributed by atoms with Crippen LogP contribution in [0, 0.1) is 11.7 Å². The topological polar surface area (TPSA) is 44.4 Å². The van der Waals surface area contributed by atoms with Gasteiger partial charge in [-0.3, -0.25) is 0 Å². The Hall–Kier alpha value is -1.62. The molecule has 1 saturated heterocycles. The number of nitrogens with zero attached hydrogens (tertiary/aromatic N) is 1. The number of anilines is 1. The second-order valence-corrected chi connectivity index (χ2v) is 5.01. The van der Waals surface area contributed by atoms with Gasteiger partial charge in [-0.2, -0.15) is 0 Å². The summed E-state index contributed by atoms with van der Waals surface area (Å²) in [6, 6.07) is 5.74. The minimum atomic E-state index is -0.348. The van der Waals surface area contributed by atoms with Crippen molar-refractivity contribution in [2.45, 2.75) is 12.8 Å². The van der Waals surface area contributed by atoms with Crippen LogP contribution < -0.4 is 10.6 Å². The van der Waals surface area contributed by atoms with Crippen molar-refractivity contribution in [3.8, 4) is 0 Å². The van der Waals surface area contributed by atoms with E-state index in [2.05, 4.69) is 10.6 Å². The maximum atomic E-state index is 13.0. The second kappa shape index (κ2) is 6.52. The summed E-state index contributed by atoms with van der Waals surface area (Å²) in [5.41, 5.74) is 0.488. The van der Waals surface area contributed by atoms with E-state index in [0.29, 0.717) is 11.6 Å². The maximum Gasteiger partial charge on any atom is 0.321 e. The molecule has 0 radical (unpaired) electrons. The molecule has 0 spiro atoms. The highest BCUT2D eigenvalue weighted by Gasteiger charge is 2.18. The average Bonchev–Trinajstić information content (AvgIpc) is 2.40. The number of hydrogen-bond acceptors (Lipinski definition) is 2. The molecule has 0 bridgehead atoms. The predicted octanol–water partition coefficient (Wildman–Crippen LogP) is 2.29. The predicted molar refractivity (Wildman–Crippen MR) is 73.6 cm³/mol. The van der Waals surface area contributed by atoms with Crippen molar-refractivity contribution < 1.29 is 9.18 Å². The van der Waals surface area contributed by atoms with Crippen LogP contribution in [0.15, 0.2) is 24.3 Å². The number of carbonyl (C=O) groups excluding carboxylic acids is 1. The minimum Gasteiger partial charge on any atom is -0.327 e. The Kier molecular flexibility index (Phi) is 4.74. The summed E-state index contributed by atoms with van der Waals surface area (Å²) in [6.07, 6.45) is 2.19. The van der Waals surface area contributed by atoms with Crippen LogP contribution in [0.1, 0.15) is 12.8 Å². The van der Waals surface area contributed by atoms with Crippen molar-refractivity contribution in [3.63, 3.8) is 0 Å². The van der Waals surface area contributed by atoms with E-state index in [1.165, 1.54) is 12.1 Å². The molecule has 2 N–H and O–H groups in total. The highest BCUT2D eigenvalue weighted by Crippen LogP contribution is 2.14. The van der Waals surface area contributed by atoms with Gasteiger partial charge >= 0.3 is 6.03 Å². The van der Waals surface area contributed by atoms with Crippen molar-refractivity contribution in [1.29, 1.82) is 0 Å². The van der Waals surface area contributed by atoms with Gasteiger partial charge in [-0.05, 0) is 50.0 Å². The molecule has 1 aromatic rings. The zero-order valence-corrected chi connectivity index (χ0v) is 11.2. The molecule has 1 aliphatic rings. The summed E-state index contributed by atoms with van der Waals surface area (Å²) < 4.78 is 13.0. The third-order valence-corrected chi connectivity index (χ3v) is 3.41. The zero-order chi connectivity index (χ0) is 13.7. The van der Waals surface area contributed by atoms with Crippen LogP contribution in [-0.4, -0.2) is 37.6 Å². The summed E-state index contributed by atoms with van der Waals surface area (Å²) in [5, 5.41) is 6.01. The molecule has 0 aromatic heterocycles. The molecule has 19 heavy (non-hydrogen) atoms. The van der Waals surface area contributed by atoms with Gasteiger partial charge in [-0.1, -0.05) is 6.07 Å².